The second kappa shape index (κ2) is 6.99. The number of piperazine rings is 1. The van der Waals surface area contributed by atoms with Crippen LogP contribution in [0.3, 0.4) is 0 Å². The number of anilines is 1. The van der Waals surface area contributed by atoms with Crippen molar-refractivity contribution in [3.05, 3.63) is 36.0 Å². The number of ether oxygens (including phenoxy) is 1. The zero-order chi connectivity index (χ0) is 19.0. The predicted octanol–water partition coefficient (Wildman–Crippen LogP) is 3.08. The second-order valence-corrected chi connectivity index (χ2v) is 6.87. The fourth-order valence-electron chi connectivity index (χ4n) is 3.73. The fraction of sp³-hybridized carbons (Fsp3) is 0.474. The van der Waals surface area contributed by atoms with E-state index in [2.05, 4.69) is 9.88 Å². The standard InChI is InChI=1S/C19H20F3N3O2/c20-19(21,22)13-3-4-14-15(12-13)23-6-5-16(14)24-7-9-25(10-8-24)18(26)17-2-1-11-27-17/h3-6,12,17H,1-2,7-11H2. The molecule has 0 bridgehead atoms. The Labute approximate surface area is 154 Å². The van der Waals surface area contributed by atoms with Crippen LogP contribution in [0.25, 0.3) is 10.9 Å². The number of pyridine rings is 1. The van der Waals surface area contributed by atoms with Gasteiger partial charge in [-0.25, -0.2) is 0 Å². The van der Waals surface area contributed by atoms with E-state index >= 15 is 0 Å². The molecular formula is C19H20F3N3O2. The lowest BCUT2D eigenvalue weighted by Crippen LogP contribution is -2.51. The maximum absolute atomic E-state index is 12.9. The van der Waals surface area contributed by atoms with Crippen LogP contribution < -0.4 is 4.90 Å². The molecule has 1 amide bonds. The van der Waals surface area contributed by atoms with Gasteiger partial charge >= 0.3 is 6.18 Å². The van der Waals surface area contributed by atoms with Crippen LogP contribution in [-0.2, 0) is 15.7 Å². The molecule has 2 aliphatic rings. The zero-order valence-corrected chi connectivity index (χ0v) is 14.7. The molecule has 8 heteroatoms. The van der Waals surface area contributed by atoms with E-state index in [4.69, 9.17) is 4.74 Å². The summed E-state index contributed by atoms with van der Waals surface area (Å²) in [5.74, 6) is 0.0431. The van der Waals surface area contributed by atoms with E-state index in [9.17, 15) is 18.0 Å². The SMILES string of the molecule is O=C(C1CCCO1)N1CCN(c2ccnc3cc(C(F)(F)F)ccc23)CC1. The van der Waals surface area contributed by atoms with E-state index in [1.807, 2.05) is 11.0 Å². The van der Waals surface area contributed by atoms with Crippen LogP contribution in [0.5, 0.6) is 0 Å². The van der Waals surface area contributed by atoms with E-state index < -0.39 is 11.7 Å². The van der Waals surface area contributed by atoms with Crippen LogP contribution in [0.15, 0.2) is 30.5 Å². The summed E-state index contributed by atoms with van der Waals surface area (Å²) in [6.07, 6.45) is -1.49. The Morgan fingerprint density at radius 1 is 1.15 bits per heavy atom. The highest BCUT2D eigenvalue weighted by molar-refractivity contribution is 5.92. The molecule has 1 aromatic heterocycles. The molecule has 0 radical (unpaired) electrons. The maximum atomic E-state index is 12.9. The monoisotopic (exact) mass is 379 g/mol. The number of aromatic nitrogens is 1. The topological polar surface area (TPSA) is 45.7 Å². The Balaban J connectivity index is 1.51. The minimum atomic E-state index is -4.39. The molecule has 1 aromatic carbocycles. The van der Waals surface area contributed by atoms with Gasteiger partial charge in [-0.05, 0) is 31.0 Å². The third kappa shape index (κ3) is 3.58. The quantitative estimate of drug-likeness (QED) is 0.805. The Kier molecular flexibility index (Phi) is 4.67. The van der Waals surface area contributed by atoms with E-state index in [1.54, 1.807) is 0 Å². The summed E-state index contributed by atoms with van der Waals surface area (Å²) in [7, 11) is 0. The van der Waals surface area contributed by atoms with Crippen LogP contribution in [0.4, 0.5) is 18.9 Å². The number of alkyl halides is 3. The van der Waals surface area contributed by atoms with Crippen LogP contribution in [-0.4, -0.2) is 54.7 Å². The third-order valence-electron chi connectivity index (χ3n) is 5.18. The first kappa shape index (κ1) is 18.0. The average Bonchev–Trinajstić information content (AvgIpc) is 3.21. The lowest BCUT2D eigenvalue weighted by Gasteiger charge is -2.37. The van der Waals surface area contributed by atoms with Crippen molar-refractivity contribution in [2.24, 2.45) is 0 Å². The number of hydrogen-bond donors (Lipinski definition) is 0. The van der Waals surface area contributed by atoms with Crippen molar-refractivity contribution in [1.29, 1.82) is 0 Å². The van der Waals surface area contributed by atoms with Gasteiger partial charge in [0.25, 0.3) is 5.91 Å². The van der Waals surface area contributed by atoms with Gasteiger partial charge in [0.15, 0.2) is 0 Å². The number of carbonyl (C=O) groups excluding carboxylic acids is 1. The van der Waals surface area contributed by atoms with Crippen LogP contribution in [0.1, 0.15) is 18.4 Å². The number of fused-ring (bicyclic) bond motifs is 1. The van der Waals surface area contributed by atoms with Crippen molar-refractivity contribution >= 4 is 22.5 Å². The highest BCUT2D eigenvalue weighted by atomic mass is 19.4. The molecule has 3 heterocycles. The molecule has 1 unspecified atom stereocenters. The van der Waals surface area contributed by atoms with Gasteiger partial charge < -0.3 is 14.5 Å². The Morgan fingerprint density at radius 2 is 1.93 bits per heavy atom. The summed E-state index contributed by atoms with van der Waals surface area (Å²) in [6.45, 7) is 3.03. The van der Waals surface area contributed by atoms with E-state index in [-0.39, 0.29) is 12.0 Å². The molecule has 5 nitrogen and oxygen atoms in total. The lowest BCUT2D eigenvalue weighted by molar-refractivity contribution is -0.141. The summed E-state index contributed by atoms with van der Waals surface area (Å²) in [5.41, 5.74) is 0.463. The van der Waals surface area contributed by atoms with E-state index in [0.29, 0.717) is 43.7 Å². The number of carbonyl (C=O) groups is 1. The largest absolute Gasteiger partial charge is 0.416 e. The number of rotatable bonds is 2. The summed E-state index contributed by atoms with van der Waals surface area (Å²) >= 11 is 0. The molecule has 2 aromatic rings. The number of halogens is 3. The van der Waals surface area contributed by atoms with E-state index in [0.717, 1.165) is 30.7 Å². The highest BCUT2D eigenvalue weighted by Gasteiger charge is 2.32. The molecule has 0 saturated carbocycles. The van der Waals surface area contributed by atoms with Crippen molar-refractivity contribution in [3.63, 3.8) is 0 Å². The number of hydrogen-bond acceptors (Lipinski definition) is 4. The van der Waals surface area contributed by atoms with Crippen LogP contribution >= 0.6 is 0 Å². The molecule has 2 fully saturated rings. The van der Waals surface area contributed by atoms with Crippen molar-refractivity contribution in [2.75, 3.05) is 37.7 Å². The Bertz CT molecular complexity index is 842. The first-order chi connectivity index (χ1) is 12.9. The fourth-order valence-corrected chi connectivity index (χ4v) is 3.73. The minimum Gasteiger partial charge on any atom is -0.368 e. The van der Waals surface area contributed by atoms with Crippen LogP contribution in [0, 0.1) is 0 Å². The first-order valence-electron chi connectivity index (χ1n) is 9.05. The van der Waals surface area contributed by atoms with Gasteiger partial charge in [0.05, 0.1) is 11.1 Å². The molecule has 2 saturated heterocycles. The number of amides is 1. The molecule has 0 aliphatic carbocycles. The first-order valence-corrected chi connectivity index (χ1v) is 9.05. The van der Waals surface area contributed by atoms with Gasteiger partial charge in [0, 0.05) is 50.1 Å². The van der Waals surface area contributed by atoms with Gasteiger partial charge in [0.2, 0.25) is 0 Å². The molecule has 27 heavy (non-hydrogen) atoms. The molecule has 2 aliphatic heterocycles. The van der Waals surface area contributed by atoms with E-state index in [1.165, 1.54) is 12.3 Å². The normalized spacial score (nSPS) is 21.1. The zero-order valence-electron chi connectivity index (χ0n) is 14.7. The minimum absolute atomic E-state index is 0.0431. The van der Waals surface area contributed by atoms with Gasteiger partial charge in [-0.3, -0.25) is 9.78 Å². The van der Waals surface area contributed by atoms with Crippen LogP contribution in [0.2, 0.25) is 0 Å². The molecule has 1 atom stereocenters. The van der Waals surface area contributed by atoms with Crippen molar-refractivity contribution in [3.8, 4) is 0 Å². The Morgan fingerprint density at radius 3 is 2.59 bits per heavy atom. The van der Waals surface area contributed by atoms with Gasteiger partial charge in [-0.15, -0.1) is 0 Å². The maximum Gasteiger partial charge on any atom is 0.416 e. The van der Waals surface area contributed by atoms with Crippen molar-refractivity contribution < 1.29 is 22.7 Å². The average molecular weight is 379 g/mol. The summed E-state index contributed by atoms with van der Waals surface area (Å²) in [5, 5.41) is 0.685. The van der Waals surface area contributed by atoms with Crippen molar-refractivity contribution in [2.45, 2.75) is 25.1 Å². The molecule has 4 rings (SSSR count). The molecular weight excluding hydrogens is 359 g/mol. The number of nitrogens with zero attached hydrogens (tertiary/aromatic N) is 3. The van der Waals surface area contributed by atoms with Crippen molar-refractivity contribution in [1.82, 2.24) is 9.88 Å². The summed E-state index contributed by atoms with van der Waals surface area (Å²) in [6, 6.07) is 5.46. The smallest absolute Gasteiger partial charge is 0.368 e. The Hall–Kier alpha value is -2.35. The second-order valence-electron chi connectivity index (χ2n) is 6.87. The number of benzene rings is 1. The molecule has 0 spiro atoms. The molecule has 144 valence electrons. The molecule has 0 N–H and O–H groups in total. The van der Waals surface area contributed by atoms with Gasteiger partial charge in [0.1, 0.15) is 6.10 Å². The van der Waals surface area contributed by atoms with Gasteiger partial charge in [-0.1, -0.05) is 6.07 Å². The highest BCUT2D eigenvalue weighted by Crippen LogP contribution is 2.33. The lowest BCUT2D eigenvalue weighted by atomic mass is 10.1. The summed E-state index contributed by atoms with van der Waals surface area (Å²) < 4.78 is 44.3. The summed E-state index contributed by atoms with van der Waals surface area (Å²) in [4.78, 5) is 20.5. The third-order valence-corrected chi connectivity index (χ3v) is 5.18. The van der Waals surface area contributed by atoms with Gasteiger partial charge in [-0.2, -0.15) is 13.2 Å². The predicted molar refractivity (Wildman–Crippen MR) is 94.5 cm³/mol.